The lowest BCUT2D eigenvalue weighted by Gasteiger charge is -2.11. The molecule has 132 valence electrons. The standard InChI is InChI=1S/C18H18Cl2N2O3/c1-11-4-3-5-16(12(11)2)22-17(23)9-21-18(24)10-25-13-6-7-14(19)15(20)8-13/h3-8H,9-10H2,1-2H3,(H,21,24)(H,22,23). The fourth-order valence-corrected chi connectivity index (χ4v) is 2.31. The van der Waals surface area contributed by atoms with Gasteiger partial charge in [-0.3, -0.25) is 9.59 Å². The molecule has 2 amide bonds. The Labute approximate surface area is 156 Å². The average Bonchev–Trinajstić information content (AvgIpc) is 2.58. The number of hydrogen-bond acceptors (Lipinski definition) is 3. The summed E-state index contributed by atoms with van der Waals surface area (Å²) in [6, 6.07) is 10.3. The van der Waals surface area contributed by atoms with Gasteiger partial charge in [0.2, 0.25) is 5.91 Å². The third-order valence-corrected chi connectivity index (χ3v) is 4.32. The zero-order chi connectivity index (χ0) is 18.4. The third kappa shape index (κ3) is 5.66. The van der Waals surface area contributed by atoms with Crippen LogP contribution in [-0.2, 0) is 9.59 Å². The van der Waals surface area contributed by atoms with E-state index in [1.807, 2.05) is 32.0 Å². The van der Waals surface area contributed by atoms with Crippen molar-refractivity contribution in [2.75, 3.05) is 18.5 Å². The van der Waals surface area contributed by atoms with E-state index in [-0.39, 0.29) is 19.1 Å². The van der Waals surface area contributed by atoms with E-state index in [1.54, 1.807) is 12.1 Å². The highest BCUT2D eigenvalue weighted by Gasteiger charge is 2.09. The molecular weight excluding hydrogens is 363 g/mol. The number of anilines is 1. The molecule has 0 aromatic heterocycles. The molecule has 0 heterocycles. The quantitative estimate of drug-likeness (QED) is 0.801. The van der Waals surface area contributed by atoms with Gasteiger partial charge in [-0.25, -0.2) is 0 Å². The summed E-state index contributed by atoms with van der Waals surface area (Å²) in [7, 11) is 0. The number of ether oxygens (including phenoxy) is 1. The first-order valence-electron chi connectivity index (χ1n) is 7.57. The molecule has 0 unspecified atom stereocenters. The summed E-state index contributed by atoms with van der Waals surface area (Å²) in [5.74, 6) is -0.303. The van der Waals surface area contributed by atoms with Crippen LogP contribution in [0.4, 0.5) is 5.69 Å². The topological polar surface area (TPSA) is 67.4 Å². The van der Waals surface area contributed by atoms with Crippen molar-refractivity contribution < 1.29 is 14.3 Å². The van der Waals surface area contributed by atoms with Crippen LogP contribution in [0.25, 0.3) is 0 Å². The number of aryl methyl sites for hydroxylation is 1. The Hall–Kier alpha value is -2.24. The highest BCUT2D eigenvalue weighted by Crippen LogP contribution is 2.26. The number of carbonyl (C=O) groups is 2. The second kappa shape index (κ2) is 8.74. The molecular formula is C18H18Cl2N2O3. The smallest absolute Gasteiger partial charge is 0.258 e. The van der Waals surface area contributed by atoms with Crippen LogP contribution >= 0.6 is 23.2 Å². The van der Waals surface area contributed by atoms with Gasteiger partial charge in [0, 0.05) is 11.8 Å². The van der Waals surface area contributed by atoms with E-state index in [2.05, 4.69) is 10.6 Å². The first-order valence-corrected chi connectivity index (χ1v) is 8.33. The maximum atomic E-state index is 11.9. The molecule has 0 bridgehead atoms. The molecule has 0 atom stereocenters. The summed E-state index contributed by atoms with van der Waals surface area (Å²) in [4.78, 5) is 23.7. The van der Waals surface area contributed by atoms with Gasteiger partial charge in [-0.15, -0.1) is 0 Å². The number of amides is 2. The van der Waals surface area contributed by atoms with E-state index in [1.165, 1.54) is 6.07 Å². The number of benzene rings is 2. The predicted molar refractivity (Wildman–Crippen MR) is 99.5 cm³/mol. The summed E-state index contributed by atoms with van der Waals surface area (Å²) in [6.07, 6.45) is 0. The average molecular weight is 381 g/mol. The van der Waals surface area contributed by atoms with Crippen LogP contribution in [0, 0.1) is 13.8 Å². The zero-order valence-electron chi connectivity index (χ0n) is 13.9. The minimum Gasteiger partial charge on any atom is -0.484 e. The molecule has 0 spiro atoms. The molecule has 2 N–H and O–H groups in total. The first-order chi connectivity index (χ1) is 11.9. The Balaban J connectivity index is 1.78. The van der Waals surface area contributed by atoms with E-state index in [4.69, 9.17) is 27.9 Å². The molecule has 0 saturated heterocycles. The molecule has 0 radical (unpaired) electrons. The Kier molecular flexibility index (Phi) is 6.67. The fourth-order valence-electron chi connectivity index (χ4n) is 2.03. The molecule has 0 fully saturated rings. The van der Waals surface area contributed by atoms with Gasteiger partial charge < -0.3 is 15.4 Å². The summed E-state index contributed by atoms with van der Waals surface area (Å²) < 4.78 is 5.30. The van der Waals surface area contributed by atoms with Crippen LogP contribution in [0.15, 0.2) is 36.4 Å². The van der Waals surface area contributed by atoms with Gasteiger partial charge in [0.25, 0.3) is 5.91 Å². The molecule has 7 heteroatoms. The summed E-state index contributed by atoms with van der Waals surface area (Å²) >= 11 is 11.7. The van der Waals surface area contributed by atoms with Gasteiger partial charge in [-0.2, -0.15) is 0 Å². The second-order valence-corrected chi connectivity index (χ2v) is 6.25. The monoisotopic (exact) mass is 380 g/mol. The largest absolute Gasteiger partial charge is 0.484 e. The van der Waals surface area contributed by atoms with Crippen LogP contribution in [0.3, 0.4) is 0 Å². The third-order valence-electron chi connectivity index (χ3n) is 3.59. The zero-order valence-corrected chi connectivity index (χ0v) is 15.4. The van der Waals surface area contributed by atoms with Gasteiger partial charge in [-0.05, 0) is 43.2 Å². The van der Waals surface area contributed by atoms with Gasteiger partial charge >= 0.3 is 0 Å². The van der Waals surface area contributed by atoms with Crippen molar-refractivity contribution in [2.45, 2.75) is 13.8 Å². The van der Waals surface area contributed by atoms with Crippen LogP contribution in [0.5, 0.6) is 5.75 Å². The minimum atomic E-state index is -0.415. The van der Waals surface area contributed by atoms with Crippen molar-refractivity contribution in [3.8, 4) is 5.75 Å². The molecule has 0 aliphatic rings. The lowest BCUT2D eigenvalue weighted by Crippen LogP contribution is -2.35. The van der Waals surface area contributed by atoms with Gasteiger partial charge in [0.05, 0.1) is 16.6 Å². The Morgan fingerprint density at radius 1 is 1.04 bits per heavy atom. The highest BCUT2D eigenvalue weighted by atomic mass is 35.5. The second-order valence-electron chi connectivity index (χ2n) is 5.44. The van der Waals surface area contributed by atoms with Crippen LogP contribution < -0.4 is 15.4 Å². The van der Waals surface area contributed by atoms with Gasteiger partial charge in [-0.1, -0.05) is 35.3 Å². The summed E-state index contributed by atoms with van der Waals surface area (Å²) in [6.45, 7) is 3.52. The van der Waals surface area contributed by atoms with Crippen LogP contribution in [-0.4, -0.2) is 25.0 Å². The molecule has 2 aromatic carbocycles. The Bertz CT molecular complexity index is 794. The lowest BCUT2D eigenvalue weighted by atomic mass is 10.1. The number of nitrogens with one attached hydrogen (secondary N) is 2. The SMILES string of the molecule is Cc1cccc(NC(=O)CNC(=O)COc2ccc(Cl)c(Cl)c2)c1C. The Morgan fingerprint density at radius 2 is 1.80 bits per heavy atom. The van der Waals surface area contributed by atoms with Crippen LogP contribution in [0.1, 0.15) is 11.1 Å². The van der Waals surface area contributed by atoms with Crippen LogP contribution in [0.2, 0.25) is 10.0 Å². The molecule has 25 heavy (non-hydrogen) atoms. The minimum absolute atomic E-state index is 0.142. The molecule has 0 aliphatic heterocycles. The molecule has 0 aliphatic carbocycles. The number of carbonyl (C=O) groups excluding carboxylic acids is 2. The fraction of sp³-hybridized carbons (Fsp3) is 0.222. The van der Waals surface area contributed by atoms with E-state index in [0.717, 1.165) is 16.8 Å². The first kappa shape index (κ1) is 19.1. The summed E-state index contributed by atoms with van der Waals surface area (Å²) in [5, 5.41) is 6.01. The van der Waals surface area contributed by atoms with Crippen molar-refractivity contribution in [2.24, 2.45) is 0 Å². The maximum Gasteiger partial charge on any atom is 0.258 e. The molecule has 0 saturated carbocycles. The van der Waals surface area contributed by atoms with Crippen molar-refractivity contribution >= 4 is 40.7 Å². The molecule has 5 nitrogen and oxygen atoms in total. The van der Waals surface area contributed by atoms with E-state index in [9.17, 15) is 9.59 Å². The molecule has 2 rings (SSSR count). The number of halogens is 2. The van der Waals surface area contributed by atoms with Crippen molar-refractivity contribution in [1.82, 2.24) is 5.32 Å². The van der Waals surface area contributed by atoms with E-state index < -0.39 is 5.91 Å². The highest BCUT2D eigenvalue weighted by molar-refractivity contribution is 6.42. The maximum absolute atomic E-state index is 11.9. The van der Waals surface area contributed by atoms with Crippen molar-refractivity contribution in [1.29, 1.82) is 0 Å². The summed E-state index contributed by atoms with van der Waals surface area (Å²) in [5.41, 5.74) is 2.80. The number of hydrogen-bond donors (Lipinski definition) is 2. The molecule has 2 aromatic rings. The predicted octanol–water partition coefficient (Wildman–Crippen LogP) is 3.74. The normalized spacial score (nSPS) is 10.2. The number of rotatable bonds is 6. The van der Waals surface area contributed by atoms with E-state index >= 15 is 0 Å². The van der Waals surface area contributed by atoms with Gasteiger partial charge in [0.1, 0.15) is 5.75 Å². The van der Waals surface area contributed by atoms with E-state index in [0.29, 0.717) is 15.8 Å². The van der Waals surface area contributed by atoms with Gasteiger partial charge in [0.15, 0.2) is 6.61 Å². The van der Waals surface area contributed by atoms with Crippen molar-refractivity contribution in [3.05, 3.63) is 57.6 Å². The lowest BCUT2D eigenvalue weighted by molar-refractivity contribution is -0.125. The Morgan fingerprint density at radius 3 is 2.52 bits per heavy atom. The van der Waals surface area contributed by atoms with Crippen molar-refractivity contribution in [3.63, 3.8) is 0 Å².